The normalized spacial score (nSPS) is 11.5. The maximum Gasteiger partial charge on any atom is 0.216 e. The second-order valence-electron chi connectivity index (χ2n) is 5.60. The lowest BCUT2D eigenvalue weighted by Crippen LogP contribution is -2.29. The third-order valence-electron chi connectivity index (χ3n) is 3.55. The summed E-state index contributed by atoms with van der Waals surface area (Å²) in [5.41, 5.74) is 1.20. The fourth-order valence-corrected chi connectivity index (χ4v) is 3.80. The van der Waals surface area contributed by atoms with Gasteiger partial charge in [-0.25, -0.2) is 17.5 Å². The van der Waals surface area contributed by atoms with Crippen LogP contribution in [0.4, 0.5) is 4.39 Å². The van der Waals surface area contributed by atoms with Crippen molar-refractivity contribution in [3.05, 3.63) is 64.4 Å². The third-order valence-corrected chi connectivity index (χ3v) is 5.22. The number of aryl methyl sites for hydroxylation is 1. The Bertz CT molecular complexity index is 774. The number of halogens is 2. The molecule has 0 saturated carbocycles. The van der Waals surface area contributed by atoms with Crippen LogP contribution in [0, 0.1) is 5.82 Å². The molecule has 2 aromatic rings. The first-order valence-electron chi connectivity index (χ1n) is 8.03. The summed E-state index contributed by atoms with van der Waals surface area (Å²) in [6, 6.07) is 11.8. The molecule has 7 heteroatoms. The topological polar surface area (TPSA) is 55.4 Å². The van der Waals surface area contributed by atoms with E-state index in [2.05, 4.69) is 11.6 Å². The van der Waals surface area contributed by atoms with Crippen molar-refractivity contribution in [3.8, 4) is 5.75 Å². The minimum Gasteiger partial charge on any atom is -0.492 e. The van der Waals surface area contributed by atoms with Crippen LogP contribution in [0.2, 0.25) is 5.02 Å². The number of ether oxygens (including phenoxy) is 1. The number of hydrogen-bond acceptors (Lipinski definition) is 3. The number of sulfonamides is 1. The van der Waals surface area contributed by atoms with E-state index in [0.717, 1.165) is 12.8 Å². The fourth-order valence-electron chi connectivity index (χ4n) is 2.32. The van der Waals surface area contributed by atoms with Crippen LogP contribution >= 0.6 is 11.6 Å². The Morgan fingerprint density at radius 1 is 1.16 bits per heavy atom. The smallest absolute Gasteiger partial charge is 0.216 e. The number of nitrogens with one attached hydrogen (secondary N) is 1. The zero-order valence-electron chi connectivity index (χ0n) is 14.0. The largest absolute Gasteiger partial charge is 0.492 e. The van der Waals surface area contributed by atoms with Gasteiger partial charge in [-0.2, -0.15) is 0 Å². The fraction of sp³-hybridized carbons (Fsp3) is 0.333. The van der Waals surface area contributed by atoms with Gasteiger partial charge in [-0.1, -0.05) is 43.1 Å². The van der Waals surface area contributed by atoms with Gasteiger partial charge in [0.1, 0.15) is 18.2 Å². The predicted molar refractivity (Wildman–Crippen MR) is 98.0 cm³/mol. The van der Waals surface area contributed by atoms with E-state index < -0.39 is 21.6 Å². The van der Waals surface area contributed by atoms with Gasteiger partial charge in [0.2, 0.25) is 10.0 Å². The van der Waals surface area contributed by atoms with Crippen LogP contribution in [-0.4, -0.2) is 21.6 Å². The Hall–Kier alpha value is -1.63. The van der Waals surface area contributed by atoms with E-state index in [9.17, 15) is 12.8 Å². The Balaban J connectivity index is 1.82. The van der Waals surface area contributed by atoms with Gasteiger partial charge >= 0.3 is 0 Å². The molecular weight excluding hydrogens is 365 g/mol. The molecule has 2 aromatic carbocycles. The van der Waals surface area contributed by atoms with Crippen molar-refractivity contribution in [2.24, 2.45) is 0 Å². The maximum atomic E-state index is 13.7. The Kier molecular flexibility index (Phi) is 7.23. The van der Waals surface area contributed by atoms with E-state index in [4.69, 9.17) is 16.3 Å². The summed E-state index contributed by atoms with van der Waals surface area (Å²) in [7, 11) is -3.70. The van der Waals surface area contributed by atoms with Gasteiger partial charge in [-0.05, 0) is 36.2 Å². The van der Waals surface area contributed by atoms with Crippen molar-refractivity contribution in [1.82, 2.24) is 4.72 Å². The number of benzene rings is 2. The van der Waals surface area contributed by atoms with Gasteiger partial charge in [0.05, 0.1) is 5.75 Å². The molecule has 0 bridgehead atoms. The first kappa shape index (κ1) is 19.7. The standard InChI is InChI=1S/C18H21ClFNO3S/c1-2-4-14-7-9-15(10-8-14)24-12-11-21-25(22,23)13-16-17(19)5-3-6-18(16)20/h3,5-10,21H,2,4,11-13H2,1H3. The lowest BCUT2D eigenvalue weighted by atomic mass is 10.1. The van der Waals surface area contributed by atoms with Gasteiger partial charge in [0, 0.05) is 17.1 Å². The van der Waals surface area contributed by atoms with Gasteiger partial charge < -0.3 is 4.74 Å². The molecule has 25 heavy (non-hydrogen) atoms. The van der Waals surface area contributed by atoms with Crippen LogP contribution in [0.15, 0.2) is 42.5 Å². The lowest BCUT2D eigenvalue weighted by Gasteiger charge is -2.10. The lowest BCUT2D eigenvalue weighted by molar-refractivity contribution is 0.322. The second-order valence-corrected chi connectivity index (χ2v) is 7.81. The molecular formula is C18H21ClFNO3S. The monoisotopic (exact) mass is 385 g/mol. The van der Waals surface area contributed by atoms with Crippen molar-refractivity contribution in [3.63, 3.8) is 0 Å². The summed E-state index contributed by atoms with van der Waals surface area (Å²) < 4.78 is 45.6. The maximum absolute atomic E-state index is 13.7. The van der Waals surface area contributed by atoms with Crippen molar-refractivity contribution in [2.75, 3.05) is 13.2 Å². The van der Waals surface area contributed by atoms with Crippen LogP contribution in [0.5, 0.6) is 5.75 Å². The Morgan fingerprint density at radius 2 is 1.88 bits per heavy atom. The van der Waals surface area contributed by atoms with E-state index in [1.807, 2.05) is 24.3 Å². The molecule has 2 rings (SSSR count). The average Bonchev–Trinajstić information content (AvgIpc) is 2.57. The summed E-state index contributed by atoms with van der Waals surface area (Å²) in [5.74, 6) is -0.470. The third kappa shape index (κ3) is 6.30. The van der Waals surface area contributed by atoms with Gasteiger partial charge in [-0.15, -0.1) is 0 Å². The molecule has 0 amide bonds. The highest BCUT2D eigenvalue weighted by Crippen LogP contribution is 2.21. The molecule has 0 heterocycles. The first-order chi connectivity index (χ1) is 11.9. The summed E-state index contributed by atoms with van der Waals surface area (Å²) in [4.78, 5) is 0. The molecule has 0 fully saturated rings. The Labute approximate surface area is 153 Å². The van der Waals surface area contributed by atoms with Gasteiger partial charge in [-0.3, -0.25) is 0 Å². The number of hydrogen-bond donors (Lipinski definition) is 1. The van der Waals surface area contributed by atoms with Crippen molar-refractivity contribution >= 4 is 21.6 Å². The molecule has 0 aliphatic rings. The van der Waals surface area contributed by atoms with Crippen LogP contribution in [0.3, 0.4) is 0 Å². The second kappa shape index (κ2) is 9.17. The molecule has 136 valence electrons. The van der Waals surface area contributed by atoms with Crippen molar-refractivity contribution < 1.29 is 17.5 Å². The average molecular weight is 386 g/mol. The highest BCUT2D eigenvalue weighted by Gasteiger charge is 2.16. The molecule has 0 unspecified atom stereocenters. The van der Waals surface area contributed by atoms with E-state index in [1.54, 1.807) is 0 Å². The molecule has 0 aromatic heterocycles. The van der Waals surface area contributed by atoms with Crippen LogP contribution < -0.4 is 9.46 Å². The molecule has 0 aliphatic heterocycles. The summed E-state index contributed by atoms with van der Waals surface area (Å²) in [6.07, 6.45) is 2.09. The van der Waals surface area contributed by atoms with Crippen molar-refractivity contribution in [1.29, 1.82) is 0 Å². The highest BCUT2D eigenvalue weighted by atomic mass is 35.5. The summed E-state index contributed by atoms with van der Waals surface area (Å²) in [6.45, 7) is 2.38. The number of rotatable bonds is 9. The van der Waals surface area contributed by atoms with Crippen molar-refractivity contribution in [2.45, 2.75) is 25.5 Å². The van der Waals surface area contributed by atoms with Crippen LogP contribution in [0.25, 0.3) is 0 Å². The molecule has 4 nitrogen and oxygen atoms in total. The molecule has 0 saturated heterocycles. The summed E-state index contributed by atoms with van der Waals surface area (Å²) >= 11 is 5.86. The first-order valence-corrected chi connectivity index (χ1v) is 10.1. The predicted octanol–water partition coefficient (Wildman–Crippen LogP) is 3.93. The minimum atomic E-state index is -3.70. The Morgan fingerprint density at radius 3 is 2.52 bits per heavy atom. The van der Waals surface area contributed by atoms with E-state index in [0.29, 0.717) is 5.75 Å². The van der Waals surface area contributed by atoms with Gasteiger partial charge in [0.25, 0.3) is 0 Å². The summed E-state index contributed by atoms with van der Waals surface area (Å²) in [5, 5.41) is 0.0915. The van der Waals surface area contributed by atoms with Crippen LogP contribution in [0.1, 0.15) is 24.5 Å². The molecule has 1 N–H and O–H groups in total. The van der Waals surface area contributed by atoms with Gasteiger partial charge in [0.15, 0.2) is 0 Å². The quantitative estimate of drug-likeness (QED) is 0.665. The SMILES string of the molecule is CCCc1ccc(OCCNS(=O)(=O)Cc2c(F)cccc2Cl)cc1. The van der Waals surface area contributed by atoms with E-state index >= 15 is 0 Å². The highest BCUT2D eigenvalue weighted by molar-refractivity contribution is 7.88. The molecule has 0 spiro atoms. The molecule has 0 aliphatic carbocycles. The zero-order chi connectivity index (χ0) is 18.3. The zero-order valence-corrected chi connectivity index (χ0v) is 15.5. The molecule has 0 atom stereocenters. The van der Waals surface area contributed by atoms with E-state index in [1.165, 1.54) is 23.8 Å². The molecule has 0 radical (unpaired) electrons. The minimum absolute atomic E-state index is 0.0379. The van der Waals surface area contributed by atoms with E-state index in [-0.39, 0.29) is 23.7 Å². The van der Waals surface area contributed by atoms with Crippen LogP contribution in [-0.2, 0) is 22.2 Å².